The fraction of sp³-hybridized carbons (Fsp3) is 0.833. The van der Waals surface area contributed by atoms with E-state index in [1.807, 2.05) is 18.5 Å². The molecular weight excluding hydrogens is 216 g/mol. The van der Waals surface area contributed by atoms with Gasteiger partial charge in [-0.25, -0.2) is 4.98 Å². The van der Waals surface area contributed by atoms with Gasteiger partial charge in [0.25, 0.3) is 0 Å². The summed E-state index contributed by atoms with van der Waals surface area (Å²) < 4.78 is 1.91. The first kappa shape index (κ1) is 12.5. The molecule has 0 saturated heterocycles. The zero-order chi connectivity index (χ0) is 12.5. The van der Waals surface area contributed by atoms with Gasteiger partial charge in [-0.2, -0.15) is 5.10 Å². The van der Waals surface area contributed by atoms with Gasteiger partial charge in [0.1, 0.15) is 11.6 Å². The lowest BCUT2D eigenvalue weighted by molar-refractivity contribution is 0.157. The molecule has 0 aliphatic heterocycles. The summed E-state index contributed by atoms with van der Waals surface area (Å²) in [5.41, 5.74) is -0.201. The summed E-state index contributed by atoms with van der Waals surface area (Å²) in [7, 11) is 0. The van der Waals surface area contributed by atoms with E-state index in [0.717, 1.165) is 24.6 Å². The minimum Gasteiger partial charge on any atom is -0.394 e. The minimum absolute atomic E-state index is 0.163. The van der Waals surface area contributed by atoms with E-state index in [1.54, 1.807) is 0 Å². The van der Waals surface area contributed by atoms with Crippen LogP contribution in [0.4, 0.5) is 0 Å². The first-order valence-corrected chi connectivity index (χ1v) is 6.29. The molecule has 0 spiro atoms. The van der Waals surface area contributed by atoms with Crippen molar-refractivity contribution in [3.05, 3.63) is 11.6 Å². The van der Waals surface area contributed by atoms with Crippen molar-refractivity contribution in [2.45, 2.75) is 58.2 Å². The number of aryl methyl sites for hydroxylation is 3. The molecule has 0 amide bonds. The Morgan fingerprint density at radius 1 is 1.47 bits per heavy atom. The highest BCUT2D eigenvalue weighted by molar-refractivity contribution is 4.93. The van der Waals surface area contributed by atoms with Gasteiger partial charge in [0.05, 0.1) is 6.61 Å². The van der Waals surface area contributed by atoms with Crippen LogP contribution < -0.4 is 5.32 Å². The van der Waals surface area contributed by atoms with Crippen molar-refractivity contribution in [3.8, 4) is 0 Å². The second kappa shape index (κ2) is 4.74. The summed E-state index contributed by atoms with van der Waals surface area (Å²) in [5, 5.41) is 17.3. The Balaban J connectivity index is 1.92. The van der Waals surface area contributed by atoms with Gasteiger partial charge in [0.15, 0.2) is 0 Å². The molecule has 1 aliphatic carbocycles. The number of aliphatic hydroxyl groups is 1. The van der Waals surface area contributed by atoms with Crippen molar-refractivity contribution in [1.82, 2.24) is 20.1 Å². The third kappa shape index (κ3) is 3.26. The van der Waals surface area contributed by atoms with Crippen LogP contribution in [-0.4, -0.2) is 38.1 Å². The molecular formula is C12H22N4O. The lowest BCUT2D eigenvalue weighted by Gasteiger charge is -2.29. The molecule has 0 radical (unpaired) electrons. The molecule has 17 heavy (non-hydrogen) atoms. The quantitative estimate of drug-likeness (QED) is 0.769. The highest BCUT2D eigenvalue weighted by atomic mass is 16.3. The van der Waals surface area contributed by atoms with E-state index in [2.05, 4.69) is 22.3 Å². The van der Waals surface area contributed by atoms with Crippen molar-refractivity contribution < 1.29 is 5.11 Å². The molecule has 1 aliphatic rings. The predicted molar refractivity (Wildman–Crippen MR) is 65.8 cm³/mol. The molecule has 1 heterocycles. The minimum atomic E-state index is -0.201. The third-order valence-electron chi connectivity index (χ3n) is 3.32. The van der Waals surface area contributed by atoms with E-state index in [9.17, 15) is 5.11 Å². The summed E-state index contributed by atoms with van der Waals surface area (Å²) in [5.74, 6) is 1.75. The SMILES string of the molecule is Cc1nc(C)n(CCC(C)(CO)NC2CC2)n1. The zero-order valence-corrected chi connectivity index (χ0v) is 10.9. The molecule has 1 unspecified atom stereocenters. The smallest absolute Gasteiger partial charge is 0.147 e. The Morgan fingerprint density at radius 3 is 2.65 bits per heavy atom. The van der Waals surface area contributed by atoms with Crippen LogP contribution in [0, 0.1) is 13.8 Å². The molecule has 1 atom stereocenters. The molecule has 5 nitrogen and oxygen atoms in total. The second-order valence-electron chi connectivity index (χ2n) is 5.32. The Bertz CT molecular complexity index is 386. The van der Waals surface area contributed by atoms with E-state index >= 15 is 0 Å². The molecule has 0 aromatic carbocycles. The van der Waals surface area contributed by atoms with Crippen LogP contribution in [0.3, 0.4) is 0 Å². The van der Waals surface area contributed by atoms with Crippen LogP contribution >= 0.6 is 0 Å². The maximum absolute atomic E-state index is 9.51. The van der Waals surface area contributed by atoms with Gasteiger partial charge in [0, 0.05) is 18.1 Å². The fourth-order valence-electron chi connectivity index (χ4n) is 2.04. The standard InChI is InChI=1S/C12H22N4O/c1-9-13-10(2)16(15-9)7-6-12(3,8-17)14-11-4-5-11/h11,14,17H,4-8H2,1-3H3. The summed E-state index contributed by atoms with van der Waals surface area (Å²) >= 11 is 0. The number of nitrogens with zero attached hydrogens (tertiary/aromatic N) is 3. The molecule has 1 aromatic heterocycles. The van der Waals surface area contributed by atoms with Gasteiger partial charge in [-0.05, 0) is 40.0 Å². The van der Waals surface area contributed by atoms with Gasteiger partial charge in [0.2, 0.25) is 0 Å². The van der Waals surface area contributed by atoms with Crippen molar-refractivity contribution in [2.75, 3.05) is 6.61 Å². The summed E-state index contributed by atoms with van der Waals surface area (Å²) in [6.45, 7) is 6.89. The lowest BCUT2D eigenvalue weighted by atomic mass is 9.99. The molecule has 1 aromatic rings. The monoisotopic (exact) mass is 238 g/mol. The Hall–Kier alpha value is -0.940. The van der Waals surface area contributed by atoms with Gasteiger partial charge < -0.3 is 10.4 Å². The zero-order valence-electron chi connectivity index (χ0n) is 10.9. The van der Waals surface area contributed by atoms with Crippen molar-refractivity contribution in [2.24, 2.45) is 0 Å². The van der Waals surface area contributed by atoms with Crippen LogP contribution in [0.2, 0.25) is 0 Å². The highest BCUT2D eigenvalue weighted by Gasteiger charge is 2.31. The first-order chi connectivity index (χ1) is 8.02. The molecule has 0 bridgehead atoms. The number of aromatic nitrogens is 3. The Morgan fingerprint density at radius 2 is 2.18 bits per heavy atom. The largest absolute Gasteiger partial charge is 0.394 e. The summed E-state index contributed by atoms with van der Waals surface area (Å²) in [6, 6.07) is 0.603. The van der Waals surface area contributed by atoms with Crippen molar-refractivity contribution in [3.63, 3.8) is 0 Å². The van der Waals surface area contributed by atoms with E-state index < -0.39 is 0 Å². The van der Waals surface area contributed by atoms with Crippen LogP contribution in [0.1, 0.15) is 37.8 Å². The molecule has 2 N–H and O–H groups in total. The van der Waals surface area contributed by atoms with E-state index in [4.69, 9.17) is 0 Å². The van der Waals surface area contributed by atoms with E-state index in [0.29, 0.717) is 6.04 Å². The fourth-order valence-corrected chi connectivity index (χ4v) is 2.04. The van der Waals surface area contributed by atoms with E-state index in [-0.39, 0.29) is 12.1 Å². The summed E-state index contributed by atoms with van der Waals surface area (Å²) in [4.78, 5) is 4.28. The number of hydrogen-bond acceptors (Lipinski definition) is 4. The first-order valence-electron chi connectivity index (χ1n) is 6.29. The van der Waals surface area contributed by atoms with Crippen LogP contribution in [-0.2, 0) is 6.54 Å². The predicted octanol–water partition coefficient (Wildman–Crippen LogP) is 0.788. The Labute approximate surface area is 102 Å². The normalized spacial score (nSPS) is 19.3. The molecule has 1 fully saturated rings. The second-order valence-corrected chi connectivity index (χ2v) is 5.32. The summed E-state index contributed by atoms with van der Waals surface area (Å²) in [6.07, 6.45) is 3.33. The number of aliphatic hydroxyl groups excluding tert-OH is 1. The number of hydrogen-bond donors (Lipinski definition) is 2. The van der Waals surface area contributed by atoms with Gasteiger partial charge in [-0.15, -0.1) is 0 Å². The lowest BCUT2D eigenvalue weighted by Crippen LogP contribution is -2.47. The molecule has 1 saturated carbocycles. The maximum Gasteiger partial charge on any atom is 0.147 e. The maximum atomic E-state index is 9.51. The van der Waals surface area contributed by atoms with Gasteiger partial charge in [-0.1, -0.05) is 0 Å². The number of nitrogens with one attached hydrogen (secondary N) is 1. The average Bonchev–Trinajstić information content (AvgIpc) is 3.01. The van der Waals surface area contributed by atoms with Gasteiger partial charge in [-0.3, -0.25) is 4.68 Å². The molecule has 96 valence electrons. The number of rotatable bonds is 6. The highest BCUT2D eigenvalue weighted by Crippen LogP contribution is 2.24. The molecule has 2 rings (SSSR count). The van der Waals surface area contributed by atoms with E-state index in [1.165, 1.54) is 12.8 Å². The molecule has 5 heteroatoms. The Kier molecular flexibility index (Phi) is 3.49. The average molecular weight is 238 g/mol. The van der Waals surface area contributed by atoms with Crippen LogP contribution in [0.15, 0.2) is 0 Å². The van der Waals surface area contributed by atoms with Gasteiger partial charge >= 0.3 is 0 Å². The third-order valence-corrected chi connectivity index (χ3v) is 3.32. The van der Waals surface area contributed by atoms with Crippen molar-refractivity contribution in [1.29, 1.82) is 0 Å². The van der Waals surface area contributed by atoms with Crippen LogP contribution in [0.25, 0.3) is 0 Å². The van der Waals surface area contributed by atoms with Crippen LogP contribution in [0.5, 0.6) is 0 Å². The topological polar surface area (TPSA) is 63.0 Å². The van der Waals surface area contributed by atoms with Crippen molar-refractivity contribution >= 4 is 0 Å².